The van der Waals surface area contributed by atoms with Gasteiger partial charge >= 0.3 is 6.09 Å². The summed E-state index contributed by atoms with van der Waals surface area (Å²) < 4.78 is 4.88. The number of benzene rings is 1. The number of ketones is 1. The van der Waals surface area contributed by atoms with Crippen LogP contribution in [-0.2, 0) is 9.53 Å². The first-order valence-electron chi connectivity index (χ1n) is 7.64. The Labute approximate surface area is 143 Å². The lowest BCUT2D eigenvalue weighted by molar-refractivity contribution is -0.384. The SMILES string of the molecule is CCOC(=O)N1CCN(C(=O)C(=O)c2cc([N+](=O)[O-])ccc2N)CC1. The van der Waals surface area contributed by atoms with E-state index in [0.717, 1.165) is 12.1 Å². The highest BCUT2D eigenvalue weighted by atomic mass is 16.6. The molecule has 2 N–H and O–H groups in total. The predicted octanol–water partition coefficient (Wildman–Crippen LogP) is 0.660. The van der Waals surface area contributed by atoms with Gasteiger partial charge in [-0.15, -0.1) is 0 Å². The Kier molecular flexibility index (Phi) is 5.52. The van der Waals surface area contributed by atoms with Gasteiger partial charge in [0.05, 0.1) is 17.1 Å². The van der Waals surface area contributed by atoms with E-state index in [2.05, 4.69) is 0 Å². The van der Waals surface area contributed by atoms with E-state index in [1.54, 1.807) is 6.92 Å². The van der Waals surface area contributed by atoms with Crippen molar-refractivity contribution >= 4 is 29.2 Å². The summed E-state index contributed by atoms with van der Waals surface area (Å²) in [4.78, 5) is 49.2. The first-order valence-corrected chi connectivity index (χ1v) is 7.64. The van der Waals surface area contributed by atoms with Gasteiger partial charge in [-0.25, -0.2) is 4.79 Å². The number of rotatable bonds is 4. The topological polar surface area (TPSA) is 136 Å². The van der Waals surface area contributed by atoms with Crippen molar-refractivity contribution in [2.45, 2.75) is 6.92 Å². The fourth-order valence-corrected chi connectivity index (χ4v) is 2.42. The summed E-state index contributed by atoms with van der Waals surface area (Å²) in [5.41, 5.74) is 5.14. The number of hydrogen-bond donors (Lipinski definition) is 1. The van der Waals surface area contributed by atoms with Crippen molar-refractivity contribution in [2.24, 2.45) is 0 Å². The highest BCUT2D eigenvalue weighted by molar-refractivity contribution is 6.43. The van der Waals surface area contributed by atoms with Crippen LogP contribution in [0.2, 0.25) is 0 Å². The van der Waals surface area contributed by atoms with Gasteiger partial charge < -0.3 is 20.3 Å². The molecule has 0 bridgehead atoms. The normalized spacial score (nSPS) is 14.1. The number of carbonyl (C=O) groups excluding carboxylic acids is 3. The maximum absolute atomic E-state index is 12.4. The van der Waals surface area contributed by atoms with E-state index in [9.17, 15) is 24.5 Å². The second-order valence-electron chi connectivity index (χ2n) is 5.34. The number of non-ortho nitro benzene ring substituents is 1. The molecule has 10 heteroatoms. The molecule has 1 heterocycles. The summed E-state index contributed by atoms with van der Waals surface area (Å²) in [5.74, 6) is -1.72. The van der Waals surface area contributed by atoms with Gasteiger partial charge in [0, 0.05) is 44.0 Å². The number of Topliss-reactive ketones (excluding diaryl/α,β-unsaturated/α-hetero) is 1. The van der Waals surface area contributed by atoms with Crippen LogP contribution in [0.3, 0.4) is 0 Å². The maximum Gasteiger partial charge on any atom is 0.409 e. The Morgan fingerprint density at radius 1 is 1.20 bits per heavy atom. The molecule has 2 amide bonds. The van der Waals surface area contributed by atoms with Crippen LogP contribution in [0.25, 0.3) is 0 Å². The summed E-state index contributed by atoms with van der Waals surface area (Å²) in [6.45, 7) is 2.75. The fraction of sp³-hybridized carbons (Fsp3) is 0.400. The third-order valence-electron chi connectivity index (χ3n) is 3.78. The van der Waals surface area contributed by atoms with Gasteiger partial charge in [0.1, 0.15) is 0 Å². The van der Waals surface area contributed by atoms with Crippen molar-refractivity contribution in [1.82, 2.24) is 9.80 Å². The zero-order valence-corrected chi connectivity index (χ0v) is 13.6. The molecule has 1 fully saturated rings. The number of nitro benzene ring substituents is 1. The van der Waals surface area contributed by atoms with Gasteiger partial charge in [-0.3, -0.25) is 19.7 Å². The highest BCUT2D eigenvalue weighted by Gasteiger charge is 2.30. The molecule has 2 rings (SSSR count). The maximum atomic E-state index is 12.4. The average Bonchev–Trinajstić information content (AvgIpc) is 2.61. The molecule has 1 aliphatic rings. The summed E-state index contributed by atoms with van der Waals surface area (Å²) >= 11 is 0. The zero-order valence-electron chi connectivity index (χ0n) is 13.6. The van der Waals surface area contributed by atoms with Gasteiger partial charge in [0.25, 0.3) is 17.4 Å². The number of nitro groups is 1. The number of nitrogen functional groups attached to an aromatic ring is 1. The summed E-state index contributed by atoms with van der Waals surface area (Å²) in [5, 5.41) is 10.8. The van der Waals surface area contributed by atoms with E-state index in [0.29, 0.717) is 0 Å². The molecule has 1 aliphatic heterocycles. The molecule has 25 heavy (non-hydrogen) atoms. The quantitative estimate of drug-likeness (QED) is 0.277. The molecule has 0 radical (unpaired) electrons. The third-order valence-corrected chi connectivity index (χ3v) is 3.78. The number of nitrogens with two attached hydrogens (primary N) is 1. The molecule has 0 unspecified atom stereocenters. The lowest BCUT2D eigenvalue weighted by Crippen LogP contribution is -2.52. The lowest BCUT2D eigenvalue weighted by atomic mass is 10.1. The zero-order chi connectivity index (χ0) is 18.6. The van der Waals surface area contributed by atoms with Crippen LogP contribution in [0, 0.1) is 10.1 Å². The molecule has 0 atom stereocenters. The van der Waals surface area contributed by atoms with Gasteiger partial charge in [0.15, 0.2) is 0 Å². The minimum absolute atomic E-state index is 0.00545. The first kappa shape index (κ1) is 18.2. The van der Waals surface area contributed by atoms with E-state index in [1.807, 2.05) is 0 Å². The molecular formula is C15H18N4O6. The molecule has 1 aromatic carbocycles. The van der Waals surface area contributed by atoms with E-state index < -0.39 is 22.7 Å². The summed E-state index contributed by atoms with van der Waals surface area (Å²) in [6.07, 6.45) is -0.469. The predicted molar refractivity (Wildman–Crippen MR) is 87.0 cm³/mol. The number of amides is 2. The molecule has 0 saturated carbocycles. The van der Waals surface area contributed by atoms with E-state index >= 15 is 0 Å². The number of piperazine rings is 1. The largest absolute Gasteiger partial charge is 0.450 e. The van der Waals surface area contributed by atoms with Gasteiger partial charge in [-0.1, -0.05) is 0 Å². The Bertz CT molecular complexity index is 712. The Morgan fingerprint density at radius 3 is 2.36 bits per heavy atom. The van der Waals surface area contributed by atoms with Crippen molar-refractivity contribution < 1.29 is 24.0 Å². The number of carbonyl (C=O) groups is 3. The standard InChI is InChI=1S/C15H18N4O6/c1-2-25-15(22)18-7-5-17(6-8-18)14(21)13(20)11-9-10(19(23)24)3-4-12(11)16/h3-4,9H,2,5-8,16H2,1H3. The number of hydrogen-bond acceptors (Lipinski definition) is 7. The molecular weight excluding hydrogens is 332 g/mol. The summed E-state index contributed by atoms with van der Waals surface area (Å²) in [6, 6.07) is 3.37. The van der Waals surface area contributed by atoms with Crippen LogP contribution in [0.1, 0.15) is 17.3 Å². The molecule has 1 aromatic rings. The van der Waals surface area contributed by atoms with Gasteiger partial charge in [-0.05, 0) is 13.0 Å². The molecule has 134 valence electrons. The molecule has 0 aliphatic carbocycles. The molecule has 0 aromatic heterocycles. The minimum Gasteiger partial charge on any atom is -0.450 e. The van der Waals surface area contributed by atoms with Crippen molar-refractivity contribution in [1.29, 1.82) is 0 Å². The molecule has 1 saturated heterocycles. The number of nitrogens with zero attached hydrogens (tertiary/aromatic N) is 3. The van der Waals surface area contributed by atoms with Crippen LogP contribution >= 0.6 is 0 Å². The first-order chi connectivity index (χ1) is 11.8. The number of anilines is 1. The average molecular weight is 350 g/mol. The second kappa shape index (κ2) is 7.60. The van der Waals surface area contributed by atoms with Crippen LogP contribution in [-0.4, -0.2) is 65.3 Å². The monoisotopic (exact) mass is 350 g/mol. The minimum atomic E-state index is -0.911. The van der Waals surface area contributed by atoms with Crippen LogP contribution in [0.5, 0.6) is 0 Å². The highest BCUT2D eigenvalue weighted by Crippen LogP contribution is 2.21. The Hall–Kier alpha value is -3.17. The lowest BCUT2D eigenvalue weighted by Gasteiger charge is -2.33. The number of ether oxygens (including phenoxy) is 1. The van der Waals surface area contributed by atoms with Crippen molar-refractivity contribution in [2.75, 3.05) is 38.5 Å². The Balaban J connectivity index is 2.07. The van der Waals surface area contributed by atoms with Gasteiger partial charge in [-0.2, -0.15) is 0 Å². The van der Waals surface area contributed by atoms with E-state index in [-0.39, 0.29) is 49.7 Å². The van der Waals surface area contributed by atoms with Gasteiger partial charge in [0.2, 0.25) is 0 Å². The van der Waals surface area contributed by atoms with Crippen molar-refractivity contribution in [3.05, 3.63) is 33.9 Å². The summed E-state index contributed by atoms with van der Waals surface area (Å²) in [7, 11) is 0. The smallest absolute Gasteiger partial charge is 0.409 e. The van der Waals surface area contributed by atoms with Crippen molar-refractivity contribution in [3.8, 4) is 0 Å². The van der Waals surface area contributed by atoms with E-state index in [4.69, 9.17) is 10.5 Å². The molecule has 10 nitrogen and oxygen atoms in total. The fourth-order valence-electron chi connectivity index (χ4n) is 2.42. The Morgan fingerprint density at radius 2 is 1.80 bits per heavy atom. The molecule has 0 spiro atoms. The van der Waals surface area contributed by atoms with Crippen molar-refractivity contribution in [3.63, 3.8) is 0 Å². The van der Waals surface area contributed by atoms with Crippen LogP contribution in [0.4, 0.5) is 16.2 Å². The second-order valence-corrected chi connectivity index (χ2v) is 5.34. The third kappa shape index (κ3) is 4.03. The van der Waals surface area contributed by atoms with E-state index in [1.165, 1.54) is 15.9 Å². The van der Waals surface area contributed by atoms with Crippen LogP contribution in [0.15, 0.2) is 18.2 Å². The van der Waals surface area contributed by atoms with Crippen LogP contribution < -0.4 is 5.73 Å².